The average Bonchev–Trinajstić information content (AvgIpc) is 2.71. The molecule has 3 heteroatoms. The molecule has 0 amide bonds. The average molecular weight is 227 g/mol. The summed E-state index contributed by atoms with van der Waals surface area (Å²) in [7, 11) is 0. The van der Waals surface area contributed by atoms with Crippen LogP contribution in [0, 0.1) is 5.41 Å². The van der Waals surface area contributed by atoms with Gasteiger partial charge in [-0.1, -0.05) is 19.3 Å². The molecule has 3 nitrogen and oxygen atoms in total. The summed E-state index contributed by atoms with van der Waals surface area (Å²) in [6.45, 7) is 5.31. The quantitative estimate of drug-likeness (QED) is 0.796. The lowest BCUT2D eigenvalue weighted by atomic mass is 9.87. The molecule has 94 valence electrons. The van der Waals surface area contributed by atoms with Crippen molar-refractivity contribution in [2.45, 2.75) is 38.5 Å². The van der Waals surface area contributed by atoms with E-state index in [0.29, 0.717) is 0 Å². The highest BCUT2D eigenvalue weighted by Crippen LogP contribution is 2.29. The summed E-state index contributed by atoms with van der Waals surface area (Å²) in [5.74, 6) is 0. The molecule has 2 aliphatic rings. The topological polar surface area (TPSA) is 32.7 Å². The van der Waals surface area contributed by atoms with Gasteiger partial charge >= 0.3 is 0 Å². The monoisotopic (exact) mass is 227 g/mol. The SMILES string of the molecule is OCC1(CN2CCCCCCC2)CCOC1. The molecule has 1 atom stereocenters. The summed E-state index contributed by atoms with van der Waals surface area (Å²) in [5, 5.41) is 9.57. The van der Waals surface area contributed by atoms with Crippen molar-refractivity contribution in [2.75, 3.05) is 39.5 Å². The van der Waals surface area contributed by atoms with Gasteiger partial charge in [0.1, 0.15) is 0 Å². The van der Waals surface area contributed by atoms with Gasteiger partial charge in [0.15, 0.2) is 0 Å². The normalized spacial score (nSPS) is 33.6. The minimum Gasteiger partial charge on any atom is -0.396 e. The van der Waals surface area contributed by atoms with Crippen LogP contribution in [0.1, 0.15) is 38.5 Å². The predicted molar refractivity (Wildman–Crippen MR) is 64.5 cm³/mol. The molecule has 1 N–H and O–H groups in total. The third-order valence-electron chi connectivity index (χ3n) is 4.03. The maximum absolute atomic E-state index is 9.57. The second-order valence-corrected chi connectivity index (χ2v) is 5.50. The molecular formula is C13H25NO2. The number of likely N-dealkylation sites (tertiary alicyclic amines) is 1. The lowest BCUT2D eigenvalue weighted by Crippen LogP contribution is -2.42. The van der Waals surface area contributed by atoms with Gasteiger partial charge in [0, 0.05) is 18.6 Å². The zero-order valence-corrected chi connectivity index (χ0v) is 10.3. The predicted octanol–water partition coefficient (Wildman–Crippen LogP) is 1.65. The zero-order valence-electron chi connectivity index (χ0n) is 10.3. The van der Waals surface area contributed by atoms with Crippen LogP contribution >= 0.6 is 0 Å². The van der Waals surface area contributed by atoms with Crippen LogP contribution in [0.3, 0.4) is 0 Å². The van der Waals surface area contributed by atoms with Gasteiger partial charge in [0.25, 0.3) is 0 Å². The van der Waals surface area contributed by atoms with E-state index in [1.807, 2.05) is 0 Å². The molecule has 0 bridgehead atoms. The van der Waals surface area contributed by atoms with Crippen molar-refractivity contribution in [3.63, 3.8) is 0 Å². The van der Waals surface area contributed by atoms with Crippen LogP contribution in [0.4, 0.5) is 0 Å². The number of nitrogens with zero attached hydrogens (tertiary/aromatic N) is 1. The zero-order chi connectivity index (χ0) is 11.3. The van der Waals surface area contributed by atoms with E-state index in [4.69, 9.17) is 4.74 Å². The Kier molecular flexibility index (Phi) is 4.62. The Labute approximate surface area is 98.8 Å². The fourth-order valence-electron chi connectivity index (χ4n) is 2.89. The summed E-state index contributed by atoms with van der Waals surface area (Å²) in [6, 6.07) is 0. The van der Waals surface area contributed by atoms with E-state index in [0.717, 1.165) is 26.2 Å². The number of aliphatic hydroxyl groups excluding tert-OH is 1. The van der Waals surface area contributed by atoms with Gasteiger partial charge in [0.05, 0.1) is 13.2 Å². The Morgan fingerprint density at radius 3 is 2.31 bits per heavy atom. The Balaban J connectivity index is 1.85. The number of hydrogen-bond donors (Lipinski definition) is 1. The highest BCUT2D eigenvalue weighted by atomic mass is 16.5. The first-order valence-electron chi connectivity index (χ1n) is 6.76. The van der Waals surface area contributed by atoms with Gasteiger partial charge in [-0.3, -0.25) is 0 Å². The van der Waals surface area contributed by atoms with E-state index in [9.17, 15) is 5.11 Å². The van der Waals surface area contributed by atoms with Crippen molar-refractivity contribution in [1.82, 2.24) is 4.90 Å². The number of ether oxygens (including phenoxy) is 1. The summed E-state index contributed by atoms with van der Waals surface area (Å²) in [6.07, 6.45) is 7.82. The lowest BCUT2D eigenvalue weighted by Gasteiger charge is -2.33. The molecule has 1 unspecified atom stereocenters. The standard InChI is InChI=1S/C13H25NO2/c15-11-13(6-9-16-12-13)10-14-7-4-2-1-3-5-8-14/h15H,1-12H2. The van der Waals surface area contributed by atoms with Crippen molar-refractivity contribution in [3.05, 3.63) is 0 Å². The van der Waals surface area contributed by atoms with Crippen LogP contribution in [0.25, 0.3) is 0 Å². The second-order valence-electron chi connectivity index (χ2n) is 5.50. The van der Waals surface area contributed by atoms with Crippen LogP contribution in [0.5, 0.6) is 0 Å². The molecule has 16 heavy (non-hydrogen) atoms. The third kappa shape index (κ3) is 3.19. The molecule has 0 aromatic carbocycles. The summed E-state index contributed by atoms with van der Waals surface area (Å²) >= 11 is 0. The fraction of sp³-hybridized carbons (Fsp3) is 1.00. The Bertz CT molecular complexity index is 194. The smallest absolute Gasteiger partial charge is 0.0557 e. The molecule has 0 aromatic heterocycles. The van der Waals surface area contributed by atoms with Crippen LogP contribution in [-0.4, -0.2) is 49.5 Å². The fourth-order valence-corrected chi connectivity index (χ4v) is 2.89. The number of hydrogen-bond acceptors (Lipinski definition) is 3. The van der Waals surface area contributed by atoms with Gasteiger partial charge in [0.2, 0.25) is 0 Å². The Hall–Kier alpha value is -0.120. The van der Waals surface area contributed by atoms with E-state index in [1.165, 1.54) is 45.2 Å². The van der Waals surface area contributed by atoms with Crippen molar-refractivity contribution in [3.8, 4) is 0 Å². The summed E-state index contributed by atoms with van der Waals surface area (Å²) < 4.78 is 5.46. The first-order valence-corrected chi connectivity index (χ1v) is 6.76. The van der Waals surface area contributed by atoms with Gasteiger partial charge in [-0.2, -0.15) is 0 Å². The Morgan fingerprint density at radius 1 is 1.06 bits per heavy atom. The second kappa shape index (κ2) is 5.99. The molecule has 0 saturated carbocycles. The summed E-state index contributed by atoms with van der Waals surface area (Å²) in [4.78, 5) is 2.55. The molecule has 2 fully saturated rings. The van der Waals surface area contributed by atoms with Crippen molar-refractivity contribution >= 4 is 0 Å². The van der Waals surface area contributed by atoms with E-state index >= 15 is 0 Å². The van der Waals surface area contributed by atoms with Gasteiger partial charge in [-0.05, 0) is 32.4 Å². The molecule has 0 radical (unpaired) electrons. The number of aliphatic hydroxyl groups is 1. The molecule has 2 rings (SSSR count). The molecule has 0 spiro atoms. The molecule has 2 aliphatic heterocycles. The summed E-state index contributed by atoms with van der Waals surface area (Å²) in [5.41, 5.74) is 0.0409. The Morgan fingerprint density at radius 2 is 1.75 bits per heavy atom. The van der Waals surface area contributed by atoms with Crippen LogP contribution in [0.2, 0.25) is 0 Å². The molecule has 2 saturated heterocycles. The maximum Gasteiger partial charge on any atom is 0.0557 e. The largest absolute Gasteiger partial charge is 0.396 e. The lowest BCUT2D eigenvalue weighted by molar-refractivity contribution is 0.0541. The highest BCUT2D eigenvalue weighted by molar-refractivity contribution is 4.86. The maximum atomic E-state index is 9.57. The minimum absolute atomic E-state index is 0.0409. The number of rotatable bonds is 3. The first-order chi connectivity index (χ1) is 7.85. The van der Waals surface area contributed by atoms with Crippen LogP contribution in [0.15, 0.2) is 0 Å². The van der Waals surface area contributed by atoms with Crippen molar-refractivity contribution in [1.29, 1.82) is 0 Å². The van der Waals surface area contributed by atoms with E-state index < -0.39 is 0 Å². The molecule has 2 heterocycles. The van der Waals surface area contributed by atoms with Gasteiger partial charge < -0.3 is 14.7 Å². The van der Waals surface area contributed by atoms with Crippen LogP contribution < -0.4 is 0 Å². The van der Waals surface area contributed by atoms with Crippen molar-refractivity contribution < 1.29 is 9.84 Å². The van der Waals surface area contributed by atoms with Crippen LogP contribution in [-0.2, 0) is 4.74 Å². The third-order valence-corrected chi connectivity index (χ3v) is 4.03. The van der Waals surface area contributed by atoms with Gasteiger partial charge in [-0.15, -0.1) is 0 Å². The molecule has 0 aromatic rings. The van der Waals surface area contributed by atoms with Gasteiger partial charge in [-0.25, -0.2) is 0 Å². The molecule has 0 aliphatic carbocycles. The van der Waals surface area contributed by atoms with Crippen molar-refractivity contribution in [2.24, 2.45) is 5.41 Å². The molecular weight excluding hydrogens is 202 g/mol. The first kappa shape index (κ1) is 12.3. The highest BCUT2D eigenvalue weighted by Gasteiger charge is 2.35. The van der Waals surface area contributed by atoms with E-state index in [2.05, 4.69) is 4.90 Å². The van der Waals surface area contributed by atoms with E-state index in [1.54, 1.807) is 0 Å². The minimum atomic E-state index is 0.0409. The van der Waals surface area contributed by atoms with E-state index in [-0.39, 0.29) is 12.0 Å².